The van der Waals surface area contributed by atoms with E-state index in [9.17, 15) is 5.11 Å². The highest BCUT2D eigenvalue weighted by molar-refractivity contribution is 7.12. The molecule has 1 aliphatic rings. The first-order chi connectivity index (χ1) is 6.08. The molecule has 2 nitrogen and oxygen atoms in total. The number of hydrogen-bond acceptors (Lipinski definition) is 3. The van der Waals surface area contributed by atoms with Gasteiger partial charge in [0.25, 0.3) is 0 Å². The summed E-state index contributed by atoms with van der Waals surface area (Å²) in [5, 5.41) is 9.33. The van der Waals surface area contributed by atoms with Gasteiger partial charge < -0.3 is 10.8 Å². The van der Waals surface area contributed by atoms with E-state index >= 15 is 0 Å². The lowest BCUT2D eigenvalue weighted by molar-refractivity contribution is 0.159. The van der Waals surface area contributed by atoms with Gasteiger partial charge in [0.15, 0.2) is 0 Å². The summed E-state index contributed by atoms with van der Waals surface area (Å²) in [4.78, 5) is 2.65. The van der Waals surface area contributed by atoms with Gasteiger partial charge in [0, 0.05) is 9.75 Å². The minimum atomic E-state index is -0.486. The fourth-order valence-corrected chi connectivity index (χ4v) is 3.33. The zero-order valence-electron chi connectivity index (χ0n) is 8.00. The first-order valence-corrected chi connectivity index (χ1v) is 5.39. The Morgan fingerprint density at radius 1 is 1.77 bits per heavy atom. The Morgan fingerprint density at radius 2 is 2.46 bits per heavy atom. The van der Waals surface area contributed by atoms with E-state index in [1.807, 2.05) is 11.3 Å². The Morgan fingerprint density at radius 3 is 3.08 bits per heavy atom. The maximum absolute atomic E-state index is 9.33. The highest BCUT2D eigenvalue weighted by Gasteiger charge is 2.41. The highest BCUT2D eigenvalue weighted by Crippen LogP contribution is 2.43. The maximum Gasteiger partial charge on any atom is 0.0684 e. The molecule has 0 amide bonds. The summed E-state index contributed by atoms with van der Waals surface area (Å²) in [5.41, 5.74) is 6.87. The molecule has 3 N–H and O–H groups in total. The van der Waals surface area contributed by atoms with E-state index < -0.39 is 5.54 Å². The van der Waals surface area contributed by atoms with Crippen molar-refractivity contribution in [2.45, 2.75) is 25.8 Å². The lowest BCUT2D eigenvalue weighted by atomic mass is 9.87. The summed E-state index contributed by atoms with van der Waals surface area (Å²) in [6.45, 7) is 4.25. The molecule has 1 aromatic rings. The average Bonchev–Trinajstić information content (AvgIpc) is 2.53. The van der Waals surface area contributed by atoms with Crippen LogP contribution in [0.4, 0.5) is 0 Å². The molecule has 0 spiro atoms. The molecule has 2 unspecified atom stereocenters. The van der Waals surface area contributed by atoms with E-state index in [1.54, 1.807) is 0 Å². The first kappa shape index (κ1) is 9.19. The van der Waals surface area contributed by atoms with E-state index in [-0.39, 0.29) is 6.61 Å². The zero-order chi connectivity index (χ0) is 9.64. The number of rotatable bonds is 1. The molecule has 3 heteroatoms. The fourth-order valence-electron chi connectivity index (χ4n) is 2.07. The average molecular weight is 197 g/mol. The summed E-state index contributed by atoms with van der Waals surface area (Å²) in [7, 11) is 0. The molecule has 0 bridgehead atoms. The molecule has 1 aliphatic carbocycles. The molecule has 1 aromatic heterocycles. The number of hydrogen-bond donors (Lipinski definition) is 2. The summed E-state index contributed by atoms with van der Waals surface area (Å²) >= 11 is 1.81. The number of aliphatic hydroxyl groups excluding tert-OH is 1. The number of fused-ring (bicyclic) bond motifs is 1. The third-order valence-corrected chi connectivity index (χ3v) is 4.14. The largest absolute Gasteiger partial charge is 0.394 e. The number of aryl methyl sites for hydroxylation is 1. The molecule has 2 rings (SSSR count). The molecule has 0 fully saturated rings. The van der Waals surface area contributed by atoms with Crippen molar-refractivity contribution in [3.05, 3.63) is 21.4 Å². The van der Waals surface area contributed by atoms with Crippen molar-refractivity contribution >= 4 is 11.3 Å². The molecule has 72 valence electrons. The highest BCUT2D eigenvalue weighted by atomic mass is 32.1. The number of nitrogens with two attached hydrogens (primary N) is 1. The topological polar surface area (TPSA) is 46.2 Å². The van der Waals surface area contributed by atoms with Gasteiger partial charge >= 0.3 is 0 Å². The van der Waals surface area contributed by atoms with Crippen molar-refractivity contribution in [2.24, 2.45) is 11.7 Å². The van der Waals surface area contributed by atoms with Crippen molar-refractivity contribution in [1.82, 2.24) is 0 Å². The number of thiophene rings is 1. The molecule has 2 atom stereocenters. The third-order valence-electron chi connectivity index (χ3n) is 3.07. The van der Waals surface area contributed by atoms with Crippen LogP contribution in [0.5, 0.6) is 0 Å². The number of aliphatic hydroxyl groups is 1. The van der Waals surface area contributed by atoms with Crippen LogP contribution >= 0.6 is 11.3 Å². The minimum absolute atomic E-state index is 0.0529. The van der Waals surface area contributed by atoms with Gasteiger partial charge in [-0.2, -0.15) is 0 Å². The van der Waals surface area contributed by atoms with Crippen molar-refractivity contribution in [2.75, 3.05) is 6.61 Å². The Hall–Kier alpha value is -0.380. The lowest BCUT2D eigenvalue weighted by Gasteiger charge is -2.27. The third kappa shape index (κ3) is 1.15. The summed E-state index contributed by atoms with van der Waals surface area (Å²) in [6.07, 6.45) is 1.02. The molecule has 0 aliphatic heterocycles. The second kappa shape index (κ2) is 2.80. The van der Waals surface area contributed by atoms with Gasteiger partial charge in [-0.05, 0) is 30.9 Å². The second-order valence-electron chi connectivity index (χ2n) is 4.00. The van der Waals surface area contributed by atoms with Gasteiger partial charge in [0.2, 0.25) is 0 Å². The minimum Gasteiger partial charge on any atom is -0.394 e. The van der Waals surface area contributed by atoms with Crippen molar-refractivity contribution in [3.63, 3.8) is 0 Å². The van der Waals surface area contributed by atoms with E-state index in [4.69, 9.17) is 5.73 Å². The Bertz CT molecular complexity index is 334. The Balaban J connectivity index is 2.50. The van der Waals surface area contributed by atoms with Crippen LogP contribution in [-0.4, -0.2) is 11.7 Å². The van der Waals surface area contributed by atoms with E-state index in [1.165, 1.54) is 15.3 Å². The van der Waals surface area contributed by atoms with Crippen LogP contribution in [0.15, 0.2) is 6.07 Å². The van der Waals surface area contributed by atoms with Gasteiger partial charge in [-0.25, -0.2) is 0 Å². The summed E-state index contributed by atoms with van der Waals surface area (Å²) < 4.78 is 0. The van der Waals surface area contributed by atoms with Gasteiger partial charge in [-0.3, -0.25) is 0 Å². The smallest absolute Gasteiger partial charge is 0.0684 e. The van der Waals surface area contributed by atoms with Crippen LogP contribution in [0.2, 0.25) is 0 Å². The Kier molecular flexibility index (Phi) is 1.98. The van der Waals surface area contributed by atoms with Crippen LogP contribution in [0.25, 0.3) is 0 Å². The van der Waals surface area contributed by atoms with E-state index in [2.05, 4.69) is 19.9 Å². The van der Waals surface area contributed by atoms with Crippen LogP contribution in [0, 0.1) is 12.8 Å². The molecule has 0 aromatic carbocycles. The summed E-state index contributed by atoms with van der Waals surface area (Å²) in [6, 6.07) is 2.12. The quantitative estimate of drug-likeness (QED) is 0.714. The second-order valence-corrected chi connectivity index (χ2v) is 5.34. The van der Waals surface area contributed by atoms with Gasteiger partial charge in [0.1, 0.15) is 0 Å². The molecule has 1 heterocycles. The predicted molar refractivity (Wildman–Crippen MR) is 54.9 cm³/mol. The fraction of sp³-hybridized carbons (Fsp3) is 0.600. The maximum atomic E-state index is 9.33. The SMILES string of the molecule is Cc1cc2c(s1)CC(C)C2(N)CO. The zero-order valence-corrected chi connectivity index (χ0v) is 8.82. The van der Waals surface area contributed by atoms with Crippen molar-refractivity contribution < 1.29 is 5.11 Å². The normalized spacial score (nSPS) is 32.2. The first-order valence-electron chi connectivity index (χ1n) is 4.57. The Labute approximate surface area is 82.4 Å². The summed E-state index contributed by atoms with van der Waals surface area (Å²) in [5.74, 6) is 0.361. The van der Waals surface area contributed by atoms with Crippen molar-refractivity contribution in [3.8, 4) is 0 Å². The monoisotopic (exact) mass is 197 g/mol. The van der Waals surface area contributed by atoms with Crippen LogP contribution in [0.3, 0.4) is 0 Å². The molecular formula is C10H15NOS. The molecular weight excluding hydrogens is 182 g/mol. The molecule has 0 radical (unpaired) electrons. The molecule has 0 saturated carbocycles. The van der Waals surface area contributed by atoms with Gasteiger partial charge in [0.05, 0.1) is 12.1 Å². The van der Waals surface area contributed by atoms with Crippen LogP contribution < -0.4 is 5.73 Å². The predicted octanol–water partition coefficient (Wildman–Crippen LogP) is 1.40. The van der Waals surface area contributed by atoms with E-state index in [0.29, 0.717) is 5.92 Å². The molecule has 13 heavy (non-hydrogen) atoms. The van der Waals surface area contributed by atoms with Crippen molar-refractivity contribution in [1.29, 1.82) is 0 Å². The van der Waals surface area contributed by atoms with Gasteiger partial charge in [-0.15, -0.1) is 11.3 Å². The van der Waals surface area contributed by atoms with E-state index in [0.717, 1.165) is 6.42 Å². The standard InChI is InChI=1S/C10H15NOS/c1-6-3-9-8(4-7(2)13-9)10(6,11)5-12/h4,6,12H,3,5,11H2,1-2H3. The van der Waals surface area contributed by atoms with Gasteiger partial charge in [-0.1, -0.05) is 6.92 Å². The lowest BCUT2D eigenvalue weighted by Crippen LogP contribution is -2.43. The van der Waals surface area contributed by atoms with Crippen LogP contribution in [-0.2, 0) is 12.0 Å². The van der Waals surface area contributed by atoms with Crippen LogP contribution in [0.1, 0.15) is 22.2 Å². The molecule has 0 saturated heterocycles.